The van der Waals surface area contributed by atoms with Gasteiger partial charge in [-0.05, 0) is 29.7 Å². The summed E-state index contributed by atoms with van der Waals surface area (Å²) < 4.78 is 1.07. The zero-order chi connectivity index (χ0) is 10.8. The number of anilines is 1. The van der Waals surface area contributed by atoms with Crippen molar-refractivity contribution in [3.8, 4) is 11.1 Å². The van der Waals surface area contributed by atoms with Crippen LogP contribution in [-0.2, 0) is 6.42 Å². The number of rotatable bonds is 2. The van der Waals surface area contributed by atoms with Gasteiger partial charge in [-0.2, -0.15) is 5.10 Å². The lowest BCUT2D eigenvalue weighted by Crippen LogP contribution is -1.89. The van der Waals surface area contributed by atoms with Crippen LogP contribution in [0.5, 0.6) is 0 Å². The molecule has 0 fully saturated rings. The third kappa shape index (κ3) is 2.04. The molecule has 0 amide bonds. The molecule has 2 aromatic rings. The van der Waals surface area contributed by atoms with Crippen molar-refractivity contribution in [1.29, 1.82) is 0 Å². The molecule has 2 rings (SSSR count). The second-order valence-electron chi connectivity index (χ2n) is 3.40. The van der Waals surface area contributed by atoms with E-state index in [1.165, 1.54) is 5.56 Å². The van der Waals surface area contributed by atoms with Gasteiger partial charge in [0.15, 0.2) is 0 Å². The lowest BCUT2D eigenvalue weighted by Gasteiger charge is -2.04. The molecule has 1 heterocycles. The number of hydrogen-bond donors (Lipinski definition) is 2. The number of aromatic nitrogens is 2. The van der Waals surface area contributed by atoms with E-state index >= 15 is 0 Å². The summed E-state index contributed by atoms with van der Waals surface area (Å²) in [4.78, 5) is 0. The largest absolute Gasteiger partial charge is 0.384 e. The SMILES string of the molecule is CCc1cc(Br)cc(-c2cn[nH]c2N)c1. The summed E-state index contributed by atoms with van der Waals surface area (Å²) in [6.45, 7) is 2.13. The smallest absolute Gasteiger partial charge is 0.126 e. The van der Waals surface area contributed by atoms with Crippen LogP contribution in [-0.4, -0.2) is 10.2 Å². The van der Waals surface area contributed by atoms with Crippen LogP contribution in [0.2, 0.25) is 0 Å². The highest BCUT2D eigenvalue weighted by Crippen LogP contribution is 2.28. The van der Waals surface area contributed by atoms with Gasteiger partial charge in [0.25, 0.3) is 0 Å². The Hall–Kier alpha value is -1.29. The number of halogens is 1. The second kappa shape index (κ2) is 4.06. The highest BCUT2D eigenvalue weighted by atomic mass is 79.9. The van der Waals surface area contributed by atoms with Gasteiger partial charge in [0.1, 0.15) is 5.82 Å². The second-order valence-corrected chi connectivity index (χ2v) is 4.31. The molecule has 0 saturated carbocycles. The van der Waals surface area contributed by atoms with Crippen LogP contribution < -0.4 is 5.73 Å². The van der Waals surface area contributed by atoms with E-state index in [9.17, 15) is 0 Å². The standard InChI is InChI=1S/C11H12BrN3/c1-2-7-3-8(5-9(12)4-7)10-6-14-15-11(10)13/h3-6H,2H2,1H3,(H3,13,14,15). The number of aryl methyl sites for hydroxylation is 1. The minimum atomic E-state index is 0.607. The number of nitrogens with two attached hydrogens (primary N) is 1. The third-order valence-corrected chi connectivity index (χ3v) is 2.80. The Kier molecular flexibility index (Phi) is 2.77. The fraction of sp³-hybridized carbons (Fsp3) is 0.182. The minimum absolute atomic E-state index is 0.607. The van der Waals surface area contributed by atoms with Crippen molar-refractivity contribution in [2.75, 3.05) is 5.73 Å². The van der Waals surface area contributed by atoms with Crippen LogP contribution in [0.1, 0.15) is 12.5 Å². The van der Waals surface area contributed by atoms with Crippen molar-refractivity contribution in [3.05, 3.63) is 34.4 Å². The molecule has 3 nitrogen and oxygen atoms in total. The summed E-state index contributed by atoms with van der Waals surface area (Å²) in [5.41, 5.74) is 9.10. The topological polar surface area (TPSA) is 54.7 Å². The normalized spacial score (nSPS) is 10.5. The van der Waals surface area contributed by atoms with Crippen LogP contribution in [0.25, 0.3) is 11.1 Å². The van der Waals surface area contributed by atoms with E-state index in [0.29, 0.717) is 5.82 Å². The highest BCUT2D eigenvalue weighted by Gasteiger charge is 2.06. The molecule has 0 radical (unpaired) electrons. The van der Waals surface area contributed by atoms with E-state index in [1.54, 1.807) is 6.20 Å². The van der Waals surface area contributed by atoms with Crippen LogP contribution in [0.3, 0.4) is 0 Å². The molecular formula is C11H12BrN3. The Bertz CT molecular complexity index is 476. The Labute approximate surface area is 96.8 Å². The van der Waals surface area contributed by atoms with Gasteiger partial charge in [0, 0.05) is 10.0 Å². The number of aromatic amines is 1. The van der Waals surface area contributed by atoms with Crippen LogP contribution in [0, 0.1) is 0 Å². The van der Waals surface area contributed by atoms with E-state index in [4.69, 9.17) is 5.73 Å². The molecule has 4 heteroatoms. The summed E-state index contributed by atoms with van der Waals surface area (Å²) >= 11 is 3.49. The van der Waals surface area contributed by atoms with E-state index < -0.39 is 0 Å². The predicted molar refractivity (Wildman–Crippen MR) is 65.5 cm³/mol. The van der Waals surface area contributed by atoms with Crippen LogP contribution in [0.4, 0.5) is 5.82 Å². The Morgan fingerprint density at radius 2 is 2.20 bits per heavy atom. The minimum Gasteiger partial charge on any atom is -0.384 e. The molecule has 78 valence electrons. The summed E-state index contributed by atoms with van der Waals surface area (Å²) in [7, 11) is 0. The summed E-state index contributed by atoms with van der Waals surface area (Å²) in [6.07, 6.45) is 2.75. The fourth-order valence-corrected chi connectivity index (χ4v) is 2.08. The lowest BCUT2D eigenvalue weighted by molar-refractivity contribution is 1.10. The van der Waals surface area contributed by atoms with Crippen molar-refractivity contribution in [3.63, 3.8) is 0 Å². The number of nitrogens with one attached hydrogen (secondary N) is 1. The summed E-state index contributed by atoms with van der Waals surface area (Å²) in [6, 6.07) is 6.28. The highest BCUT2D eigenvalue weighted by molar-refractivity contribution is 9.10. The Balaban J connectivity index is 2.53. The predicted octanol–water partition coefficient (Wildman–Crippen LogP) is 2.98. The maximum atomic E-state index is 5.78. The maximum Gasteiger partial charge on any atom is 0.126 e. The zero-order valence-electron chi connectivity index (χ0n) is 8.42. The molecule has 15 heavy (non-hydrogen) atoms. The van der Waals surface area contributed by atoms with E-state index in [2.05, 4.69) is 45.2 Å². The van der Waals surface area contributed by atoms with E-state index in [0.717, 1.165) is 22.0 Å². The first kappa shape index (κ1) is 10.2. The van der Waals surface area contributed by atoms with Crippen molar-refractivity contribution in [2.24, 2.45) is 0 Å². The molecule has 0 spiro atoms. The molecule has 0 atom stereocenters. The van der Waals surface area contributed by atoms with Gasteiger partial charge in [0.05, 0.1) is 6.20 Å². The van der Waals surface area contributed by atoms with Crippen LogP contribution in [0.15, 0.2) is 28.9 Å². The maximum absolute atomic E-state index is 5.78. The van der Waals surface area contributed by atoms with Gasteiger partial charge in [-0.15, -0.1) is 0 Å². The summed E-state index contributed by atoms with van der Waals surface area (Å²) in [5, 5.41) is 6.65. The van der Waals surface area contributed by atoms with E-state index in [-0.39, 0.29) is 0 Å². The van der Waals surface area contributed by atoms with Crippen molar-refractivity contribution in [2.45, 2.75) is 13.3 Å². The molecule has 1 aromatic heterocycles. The molecule has 0 aliphatic carbocycles. The summed E-state index contributed by atoms with van der Waals surface area (Å²) in [5.74, 6) is 0.607. The number of hydrogen-bond acceptors (Lipinski definition) is 2. The van der Waals surface area contributed by atoms with Gasteiger partial charge in [-0.3, -0.25) is 5.10 Å². The Morgan fingerprint density at radius 1 is 1.40 bits per heavy atom. The van der Waals surface area contributed by atoms with Crippen molar-refractivity contribution < 1.29 is 0 Å². The van der Waals surface area contributed by atoms with Gasteiger partial charge in [-0.1, -0.05) is 28.9 Å². The average molecular weight is 266 g/mol. The first-order valence-electron chi connectivity index (χ1n) is 4.79. The van der Waals surface area contributed by atoms with E-state index in [1.807, 2.05) is 6.07 Å². The molecule has 0 unspecified atom stereocenters. The molecule has 0 saturated heterocycles. The van der Waals surface area contributed by atoms with Gasteiger partial charge in [-0.25, -0.2) is 0 Å². The molecule has 0 aliphatic rings. The zero-order valence-corrected chi connectivity index (χ0v) is 10.0. The van der Waals surface area contributed by atoms with Crippen molar-refractivity contribution >= 4 is 21.7 Å². The molecule has 0 bridgehead atoms. The monoisotopic (exact) mass is 265 g/mol. The molecule has 3 N–H and O–H groups in total. The number of nitrogens with zero attached hydrogens (tertiary/aromatic N) is 1. The number of H-pyrrole nitrogens is 1. The molecule has 0 aliphatic heterocycles. The quantitative estimate of drug-likeness (QED) is 0.877. The lowest BCUT2D eigenvalue weighted by atomic mass is 10.0. The van der Waals surface area contributed by atoms with Crippen molar-refractivity contribution in [1.82, 2.24) is 10.2 Å². The number of benzene rings is 1. The number of nitrogen functional groups attached to an aromatic ring is 1. The Morgan fingerprint density at radius 3 is 2.80 bits per heavy atom. The fourth-order valence-electron chi connectivity index (χ4n) is 1.54. The average Bonchev–Trinajstić information content (AvgIpc) is 2.63. The first-order chi connectivity index (χ1) is 7.20. The van der Waals surface area contributed by atoms with Gasteiger partial charge >= 0.3 is 0 Å². The van der Waals surface area contributed by atoms with Gasteiger partial charge in [0.2, 0.25) is 0 Å². The van der Waals surface area contributed by atoms with Crippen LogP contribution >= 0.6 is 15.9 Å². The first-order valence-corrected chi connectivity index (χ1v) is 5.58. The molecular weight excluding hydrogens is 254 g/mol. The molecule has 1 aromatic carbocycles. The third-order valence-electron chi connectivity index (χ3n) is 2.35. The van der Waals surface area contributed by atoms with Gasteiger partial charge < -0.3 is 5.73 Å².